The summed E-state index contributed by atoms with van der Waals surface area (Å²) >= 11 is 7.44. The summed E-state index contributed by atoms with van der Waals surface area (Å²) in [6.07, 6.45) is 1.70. The Morgan fingerprint density at radius 1 is 1.27 bits per heavy atom. The molecule has 110 valence electrons. The Hall–Kier alpha value is -2.24. The van der Waals surface area contributed by atoms with Crippen LogP contribution in [-0.2, 0) is 0 Å². The number of rotatable bonds is 3. The van der Waals surface area contributed by atoms with Crippen LogP contribution in [0.15, 0.2) is 48.0 Å². The average Bonchev–Trinajstić information content (AvgIpc) is 3.02. The van der Waals surface area contributed by atoms with Gasteiger partial charge in [0.1, 0.15) is 10.7 Å². The number of halogens is 1. The maximum atomic E-state index is 12.2. The minimum absolute atomic E-state index is 0.265. The van der Waals surface area contributed by atoms with Crippen molar-refractivity contribution in [2.75, 3.05) is 5.32 Å². The first-order chi connectivity index (χ1) is 10.6. The van der Waals surface area contributed by atoms with E-state index >= 15 is 0 Å². The molecular formula is C16H12ClN3OS. The monoisotopic (exact) mass is 329 g/mol. The number of carbonyl (C=O) groups excluding carboxylic acids is 1. The van der Waals surface area contributed by atoms with Crippen molar-refractivity contribution in [3.05, 3.63) is 64.3 Å². The third-order valence-electron chi connectivity index (χ3n) is 3.05. The van der Waals surface area contributed by atoms with Gasteiger partial charge in [-0.05, 0) is 36.8 Å². The number of nitrogens with one attached hydrogen (secondary N) is 1. The first-order valence-corrected chi connectivity index (χ1v) is 7.83. The first kappa shape index (κ1) is 14.7. The summed E-state index contributed by atoms with van der Waals surface area (Å²) in [4.78, 5) is 20.8. The van der Waals surface area contributed by atoms with Gasteiger partial charge in [0.25, 0.3) is 5.91 Å². The van der Waals surface area contributed by atoms with Crippen molar-refractivity contribution in [3.63, 3.8) is 0 Å². The Morgan fingerprint density at radius 3 is 2.86 bits per heavy atom. The number of aromatic nitrogens is 2. The molecule has 2 aromatic heterocycles. The van der Waals surface area contributed by atoms with E-state index in [-0.39, 0.29) is 5.91 Å². The van der Waals surface area contributed by atoms with Gasteiger partial charge in [0, 0.05) is 22.3 Å². The third kappa shape index (κ3) is 3.16. The molecule has 3 aromatic rings. The van der Waals surface area contributed by atoms with Crippen LogP contribution in [0.3, 0.4) is 0 Å². The molecule has 0 spiro atoms. The lowest BCUT2D eigenvalue weighted by molar-refractivity contribution is 0.102. The van der Waals surface area contributed by atoms with E-state index in [1.807, 2.05) is 37.3 Å². The molecule has 0 saturated carbocycles. The van der Waals surface area contributed by atoms with Crippen LogP contribution in [0.5, 0.6) is 0 Å². The highest BCUT2D eigenvalue weighted by molar-refractivity contribution is 7.13. The van der Waals surface area contributed by atoms with E-state index in [4.69, 9.17) is 11.6 Å². The molecule has 0 saturated heterocycles. The van der Waals surface area contributed by atoms with Crippen molar-refractivity contribution in [2.24, 2.45) is 0 Å². The molecule has 0 aliphatic heterocycles. The molecule has 0 unspecified atom stereocenters. The number of benzene rings is 1. The van der Waals surface area contributed by atoms with Crippen molar-refractivity contribution >= 4 is 34.5 Å². The van der Waals surface area contributed by atoms with Crippen LogP contribution in [0.25, 0.3) is 10.7 Å². The third-order valence-corrected chi connectivity index (χ3v) is 4.32. The first-order valence-electron chi connectivity index (χ1n) is 6.58. The lowest BCUT2D eigenvalue weighted by atomic mass is 10.2. The SMILES string of the molecule is Cc1ccc(NC(=O)c2csc(-c3ccccn3)n2)cc1Cl. The number of anilines is 1. The van der Waals surface area contributed by atoms with Crippen LogP contribution < -0.4 is 5.32 Å². The van der Waals surface area contributed by atoms with Crippen LogP contribution in [0.1, 0.15) is 16.1 Å². The van der Waals surface area contributed by atoms with E-state index in [9.17, 15) is 4.79 Å². The highest BCUT2D eigenvalue weighted by atomic mass is 35.5. The molecule has 1 aromatic carbocycles. The Kier molecular flexibility index (Phi) is 4.18. The molecule has 0 aliphatic rings. The number of amides is 1. The van der Waals surface area contributed by atoms with Crippen molar-refractivity contribution < 1.29 is 4.79 Å². The molecule has 6 heteroatoms. The second-order valence-electron chi connectivity index (χ2n) is 4.67. The van der Waals surface area contributed by atoms with Gasteiger partial charge in [-0.15, -0.1) is 11.3 Å². The Bertz CT molecular complexity index is 817. The zero-order valence-electron chi connectivity index (χ0n) is 11.7. The van der Waals surface area contributed by atoms with Gasteiger partial charge in [-0.2, -0.15) is 0 Å². The normalized spacial score (nSPS) is 10.5. The molecule has 1 N–H and O–H groups in total. The van der Waals surface area contributed by atoms with Gasteiger partial charge in [-0.25, -0.2) is 4.98 Å². The van der Waals surface area contributed by atoms with Crippen molar-refractivity contribution in [3.8, 4) is 10.7 Å². The zero-order chi connectivity index (χ0) is 15.5. The Labute approximate surface area is 136 Å². The minimum Gasteiger partial charge on any atom is -0.321 e. The van der Waals surface area contributed by atoms with Crippen molar-refractivity contribution in [1.29, 1.82) is 0 Å². The lowest BCUT2D eigenvalue weighted by Crippen LogP contribution is -2.12. The second-order valence-corrected chi connectivity index (χ2v) is 5.94. The standard InChI is InChI=1S/C16H12ClN3OS/c1-10-5-6-11(8-12(10)17)19-15(21)14-9-22-16(20-14)13-4-2-3-7-18-13/h2-9H,1H3,(H,19,21). The molecular weight excluding hydrogens is 318 g/mol. The Morgan fingerprint density at radius 2 is 2.14 bits per heavy atom. The summed E-state index contributed by atoms with van der Waals surface area (Å²) in [6.45, 7) is 1.91. The number of pyridine rings is 1. The predicted molar refractivity (Wildman–Crippen MR) is 89.5 cm³/mol. The summed E-state index contributed by atoms with van der Waals surface area (Å²) < 4.78 is 0. The van der Waals surface area contributed by atoms with E-state index in [1.165, 1.54) is 11.3 Å². The fourth-order valence-electron chi connectivity index (χ4n) is 1.85. The van der Waals surface area contributed by atoms with Crippen LogP contribution >= 0.6 is 22.9 Å². The smallest absolute Gasteiger partial charge is 0.275 e. The minimum atomic E-state index is -0.265. The summed E-state index contributed by atoms with van der Waals surface area (Å²) in [6, 6.07) is 11.0. The maximum Gasteiger partial charge on any atom is 0.275 e. The summed E-state index contributed by atoms with van der Waals surface area (Å²) in [5.74, 6) is -0.265. The fourth-order valence-corrected chi connectivity index (χ4v) is 2.81. The molecule has 3 rings (SSSR count). The van der Waals surface area contributed by atoms with E-state index in [1.54, 1.807) is 17.6 Å². The van der Waals surface area contributed by atoms with E-state index in [2.05, 4.69) is 15.3 Å². The van der Waals surface area contributed by atoms with Gasteiger partial charge in [0.15, 0.2) is 0 Å². The number of carbonyl (C=O) groups is 1. The number of nitrogens with zero attached hydrogens (tertiary/aromatic N) is 2. The summed E-state index contributed by atoms with van der Waals surface area (Å²) in [5, 5.41) is 5.84. The van der Waals surface area contributed by atoms with Gasteiger partial charge in [-0.3, -0.25) is 9.78 Å². The highest BCUT2D eigenvalue weighted by Gasteiger charge is 2.13. The molecule has 0 radical (unpaired) electrons. The fraction of sp³-hybridized carbons (Fsp3) is 0.0625. The predicted octanol–water partition coefficient (Wildman–Crippen LogP) is 4.42. The number of aryl methyl sites for hydroxylation is 1. The quantitative estimate of drug-likeness (QED) is 0.774. The lowest BCUT2D eigenvalue weighted by Gasteiger charge is -2.05. The average molecular weight is 330 g/mol. The number of hydrogen-bond acceptors (Lipinski definition) is 4. The molecule has 0 atom stereocenters. The summed E-state index contributed by atoms with van der Waals surface area (Å²) in [5.41, 5.74) is 2.73. The largest absolute Gasteiger partial charge is 0.321 e. The highest BCUT2D eigenvalue weighted by Crippen LogP contribution is 2.23. The number of hydrogen-bond donors (Lipinski definition) is 1. The van der Waals surface area contributed by atoms with Gasteiger partial charge in [0.05, 0.1) is 5.69 Å². The molecule has 0 fully saturated rings. The second kappa shape index (κ2) is 6.25. The van der Waals surface area contributed by atoms with Crippen LogP contribution in [0.4, 0.5) is 5.69 Å². The molecule has 2 heterocycles. The topological polar surface area (TPSA) is 54.9 Å². The van der Waals surface area contributed by atoms with Gasteiger partial charge in [0.2, 0.25) is 0 Å². The van der Waals surface area contributed by atoms with E-state index in [0.717, 1.165) is 11.3 Å². The van der Waals surface area contributed by atoms with Crippen molar-refractivity contribution in [1.82, 2.24) is 9.97 Å². The summed E-state index contributed by atoms with van der Waals surface area (Å²) in [7, 11) is 0. The molecule has 0 aliphatic carbocycles. The van der Waals surface area contributed by atoms with Crippen molar-refractivity contribution in [2.45, 2.75) is 6.92 Å². The molecule has 0 bridgehead atoms. The molecule has 4 nitrogen and oxygen atoms in total. The van der Waals surface area contributed by atoms with E-state index < -0.39 is 0 Å². The number of thiazole rings is 1. The molecule has 1 amide bonds. The van der Waals surface area contributed by atoms with Gasteiger partial charge in [-0.1, -0.05) is 23.7 Å². The van der Waals surface area contributed by atoms with Crippen LogP contribution in [0, 0.1) is 6.92 Å². The molecule has 22 heavy (non-hydrogen) atoms. The zero-order valence-corrected chi connectivity index (χ0v) is 13.3. The van der Waals surface area contributed by atoms with Gasteiger partial charge < -0.3 is 5.32 Å². The van der Waals surface area contributed by atoms with E-state index in [0.29, 0.717) is 21.4 Å². The van der Waals surface area contributed by atoms with Gasteiger partial charge >= 0.3 is 0 Å². The van der Waals surface area contributed by atoms with Crippen LogP contribution in [0.2, 0.25) is 5.02 Å². The maximum absolute atomic E-state index is 12.2. The Balaban J connectivity index is 1.78. The van der Waals surface area contributed by atoms with Crippen LogP contribution in [-0.4, -0.2) is 15.9 Å².